The summed E-state index contributed by atoms with van der Waals surface area (Å²) in [6, 6.07) is 16.3. The van der Waals surface area contributed by atoms with Crippen molar-refractivity contribution < 1.29 is 4.79 Å². The van der Waals surface area contributed by atoms with E-state index >= 15 is 0 Å². The fourth-order valence-corrected chi connectivity index (χ4v) is 3.44. The van der Waals surface area contributed by atoms with Crippen molar-refractivity contribution in [3.8, 4) is 23.5 Å². The molecule has 0 bridgehead atoms. The van der Waals surface area contributed by atoms with E-state index < -0.39 is 0 Å². The third kappa shape index (κ3) is 5.36. The van der Waals surface area contributed by atoms with Crippen LogP contribution in [0.1, 0.15) is 51.2 Å². The molecule has 1 unspecified atom stereocenters. The van der Waals surface area contributed by atoms with Crippen LogP contribution in [0.5, 0.6) is 0 Å². The average Bonchev–Trinajstić information content (AvgIpc) is 2.72. The molecule has 0 aromatic heterocycles. The van der Waals surface area contributed by atoms with Crippen LogP contribution in [0, 0.1) is 18.3 Å². The summed E-state index contributed by atoms with van der Waals surface area (Å²) in [4.78, 5) is 14.8. The number of hydrogen-bond acceptors (Lipinski definition) is 1. The van der Waals surface area contributed by atoms with Gasteiger partial charge in [0.2, 0.25) is 5.91 Å². The molecule has 0 radical (unpaired) electrons. The van der Waals surface area contributed by atoms with E-state index in [-0.39, 0.29) is 11.9 Å². The van der Waals surface area contributed by atoms with Crippen LogP contribution < -0.4 is 0 Å². The molecule has 28 heavy (non-hydrogen) atoms. The second-order valence-corrected chi connectivity index (χ2v) is 7.48. The van der Waals surface area contributed by atoms with Gasteiger partial charge in [-0.3, -0.25) is 4.79 Å². The molecule has 2 heteroatoms. The van der Waals surface area contributed by atoms with Crippen molar-refractivity contribution in [2.75, 3.05) is 0 Å². The number of rotatable bonds is 9. The molecule has 146 valence electrons. The van der Waals surface area contributed by atoms with Crippen LogP contribution in [-0.4, -0.2) is 16.8 Å². The van der Waals surface area contributed by atoms with E-state index in [4.69, 9.17) is 6.42 Å². The lowest BCUT2D eigenvalue weighted by Gasteiger charge is -2.33. The highest BCUT2D eigenvalue weighted by atomic mass is 16.2. The summed E-state index contributed by atoms with van der Waals surface area (Å²) in [5.41, 5.74) is 4.14. The lowest BCUT2D eigenvalue weighted by atomic mass is 9.98. The summed E-state index contributed by atoms with van der Waals surface area (Å²) in [7, 11) is 0. The van der Waals surface area contributed by atoms with E-state index in [0.717, 1.165) is 35.1 Å². The van der Waals surface area contributed by atoms with Gasteiger partial charge in [-0.05, 0) is 35.1 Å². The van der Waals surface area contributed by atoms with E-state index in [1.807, 2.05) is 35.2 Å². The van der Waals surface area contributed by atoms with Crippen molar-refractivity contribution in [3.63, 3.8) is 0 Å². The number of hydrogen-bond donors (Lipinski definition) is 0. The first-order chi connectivity index (χ1) is 13.5. The van der Waals surface area contributed by atoms with Gasteiger partial charge in [-0.15, -0.1) is 13.0 Å². The molecule has 2 aromatic carbocycles. The van der Waals surface area contributed by atoms with Crippen LogP contribution >= 0.6 is 0 Å². The molecule has 0 aliphatic carbocycles. The van der Waals surface area contributed by atoms with Crippen molar-refractivity contribution in [2.45, 2.75) is 52.6 Å². The Kier molecular flexibility index (Phi) is 8.08. The maximum Gasteiger partial charge on any atom is 0.223 e. The minimum atomic E-state index is 0.0335. The van der Waals surface area contributed by atoms with E-state index in [9.17, 15) is 4.79 Å². The average molecular weight is 374 g/mol. The number of carbonyl (C=O) groups is 1. The highest BCUT2D eigenvalue weighted by Gasteiger charge is 2.23. The molecule has 0 saturated carbocycles. The monoisotopic (exact) mass is 373 g/mol. The highest BCUT2D eigenvalue weighted by molar-refractivity contribution is 5.77. The van der Waals surface area contributed by atoms with Gasteiger partial charge in [0.1, 0.15) is 0 Å². The van der Waals surface area contributed by atoms with Gasteiger partial charge in [-0.25, -0.2) is 0 Å². The zero-order valence-corrected chi connectivity index (χ0v) is 17.3. The topological polar surface area (TPSA) is 20.3 Å². The summed E-state index contributed by atoms with van der Waals surface area (Å²) < 4.78 is 0. The lowest BCUT2D eigenvalue weighted by Crippen LogP contribution is -2.41. The Morgan fingerprint density at radius 1 is 1.18 bits per heavy atom. The van der Waals surface area contributed by atoms with Gasteiger partial charge in [-0.1, -0.05) is 81.7 Å². The SMILES string of the molecule is C#Cc1ccccc1-c1ccc(CN(C(=O)CCCC)C(C=C)C(C)C)cc1. The third-order valence-electron chi connectivity index (χ3n) is 5.05. The van der Waals surface area contributed by atoms with Gasteiger partial charge in [-0.2, -0.15) is 0 Å². The Morgan fingerprint density at radius 2 is 1.86 bits per heavy atom. The van der Waals surface area contributed by atoms with Crippen LogP contribution in [0.15, 0.2) is 61.2 Å². The first-order valence-electron chi connectivity index (χ1n) is 10.1. The van der Waals surface area contributed by atoms with Crippen molar-refractivity contribution in [1.82, 2.24) is 4.90 Å². The molecule has 2 nitrogen and oxygen atoms in total. The quantitative estimate of drug-likeness (QED) is 0.386. The minimum Gasteiger partial charge on any atom is -0.332 e. The minimum absolute atomic E-state index is 0.0335. The number of carbonyl (C=O) groups excluding carboxylic acids is 1. The first-order valence-corrected chi connectivity index (χ1v) is 10.1. The first kappa shape index (κ1) is 21.5. The largest absolute Gasteiger partial charge is 0.332 e. The van der Waals surface area contributed by atoms with Crippen molar-refractivity contribution in [2.24, 2.45) is 5.92 Å². The Morgan fingerprint density at radius 3 is 2.43 bits per heavy atom. The standard InChI is InChI=1S/C26H31NO/c1-6-9-14-26(28)27(25(8-3)20(4)5)19-21-15-17-23(18-16-21)24-13-11-10-12-22(24)7-2/h2,8,10-13,15-18,20,25H,3,6,9,14,19H2,1,4-5H3. The van der Waals surface area contributed by atoms with E-state index in [2.05, 4.69) is 57.5 Å². The Labute approximate surface area is 170 Å². The Bertz CT molecular complexity index is 826. The van der Waals surface area contributed by atoms with Crippen LogP contribution in [0.25, 0.3) is 11.1 Å². The zero-order valence-electron chi connectivity index (χ0n) is 17.3. The number of benzene rings is 2. The van der Waals surface area contributed by atoms with Crippen LogP contribution in [0.4, 0.5) is 0 Å². The predicted octanol–water partition coefficient (Wildman–Crippen LogP) is 6.06. The molecular formula is C26H31NO. The molecule has 2 rings (SSSR count). The molecule has 1 amide bonds. The lowest BCUT2D eigenvalue weighted by molar-refractivity contribution is -0.134. The van der Waals surface area contributed by atoms with Gasteiger partial charge in [0.25, 0.3) is 0 Å². The molecule has 2 aromatic rings. The zero-order chi connectivity index (χ0) is 20.5. The Hall–Kier alpha value is -2.79. The molecule has 0 aliphatic heterocycles. The Balaban J connectivity index is 2.25. The molecular weight excluding hydrogens is 342 g/mol. The van der Waals surface area contributed by atoms with E-state index in [0.29, 0.717) is 18.9 Å². The van der Waals surface area contributed by atoms with Gasteiger partial charge < -0.3 is 4.90 Å². The fraction of sp³-hybridized carbons (Fsp3) is 0.346. The van der Waals surface area contributed by atoms with Crippen molar-refractivity contribution in [1.29, 1.82) is 0 Å². The van der Waals surface area contributed by atoms with E-state index in [1.54, 1.807) is 0 Å². The summed E-state index contributed by atoms with van der Waals surface area (Å²) in [6.45, 7) is 10.9. The number of amides is 1. The van der Waals surface area contributed by atoms with Gasteiger partial charge >= 0.3 is 0 Å². The molecule has 0 spiro atoms. The van der Waals surface area contributed by atoms with Crippen LogP contribution in [-0.2, 0) is 11.3 Å². The number of terminal acetylenes is 1. The highest BCUT2D eigenvalue weighted by Crippen LogP contribution is 2.25. The van der Waals surface area contributed by atoms with Crippen molar-refractivity contribution >= 4 is 5.91 Å². The summed E-state index contributed by atoms with van der Waals surface area (Å²) >= 11 is 0. The van der Waals surface area contributed by atoms with Gasteiger partial charge in [0, 0.05) is 18.5 Å². The third-order valence-corrected chi connectivity index (χ3v) is 5.05. The fourth-order valence-electron chi connectivity index (χ4n) is 3.44. The van der Waals surface area contributed by atoms with Gasteiger partial charge in [0.15, 0.2) is 0 Å². The predicted molar refractivity (Wildman–Crippen MR) is 119 cm³/mol. The van der Waals surface area contributed by atoms with E-state index in [1.165, 1.54) is 0 Å². The molecule has 0 aliphatic rings. The second kappa shape index (κ2) is 10.5. The molecule has 0 saturated heterocycles. The molecule has 1 atom stereocenters. The smallest absolute Gasteiger partial charge is 0.223 e. The normalized spacial score (nSPS) is 11.7. The maximum atomic E-state index is 12.8. The van der Waals surface area contributed by atoms with Crippen molar-refractivity contribution in [3.05, 3.63) is 72.3 Å². The number of unbranched alkanes of at least 4 members (excludes halogenated alkanes) is 1. The summed E-state index contributed by atoms with van der Waals surface area (Å²) in [5.74, 6) is 3.27. The molecule has 0 heterocycles. The van der Waals surface area contributed by atoms with Crippen LogP contribution in [0.2, 0.25) is 0 Å². The molecule has 0 fully saturated rings. The summed E-state index contributed by atoms with van der Waals surface area (Å²) in [5, 5.41) is 0. The van der Waals surface area contributed by atoms with Gasteiger partial charge in [0.05, 0.1) is 6.04 Å². The summed E-state index contributed by atoms with van der Waals surface area (Å²) in [6.07, 6.45) is 10.0. The molecule has 0 N–H and O–H groups in total. The maximum absolute atomic E-state index is 12.8. The second-order valence-electron chi connectivity index (χ2n) is 7.48. The number of nitrogens with zero attached hydrogens (tertiary/aromatic N) is 1. The van der Waals surface area contributed by atoms with Crippen LogP contribution in [0.3, 0.4) is 0 Å².